The van der Waals surface area contributed by atoms with Crippen LogP contribution < -0.4 is 5.73 Å². The van der Waals surface area contributed by atoms with Gasteiger partial charge < -0.3 is 10.2 Å². The highest BCUT2D eigenvalue weighted by atomic mass is 32.2. The molecule has 4 nitrogen and oxygen atoms in total. The van der Waals surface area contributed by atoms with Gasteiger partial charge in [-0.2, -0.15) is 0 Å². The van der Waals surface area contributed by atoms with Crippen molar-refractivity contribution < 1.29 is 4.42 Å². The molecule has 0 aliphatic rings. The lowest BCUT2D eigenvalue weighted by Gasteiger charge is -2.05. The van der Waals surface area contributed by atoms with E-state index in [9.17, 15) is 0 Å². The van der Waals surface area contributed by atoms with E-state index in [1.54, 1.807) is 18.7 Å². The van der Waals surface area contributed by atoms with E-state index in [0.717, 1.165) is 15.8 Å². The number of fused-ring (bicyclic) bond motifs is 1. The molecule has 2 heterocycles. The van der Waals surface area contributed by atoms with Gasteiger partial charge in [-0.1, -0.05) is 0 Å². The Balaban J connectivity index is 2.09. The summed E-state index contributed by atoms with van der Waals surface area (Å²) in [7, 11) is 0. The molecule has 0 bridgehead atoms. The molecule has 84 valence electrons. The van der Waals surface area contributed by atoms with E-state index in [1.807, 2.05) is 24.3 Å². The molecule has 0 atom stereocenters. The minimum Gasteiger partial charge on any atom is -0.440 e. The van der Waals surface area contributed by atoms with Crippen LogP contribution in [0.15, 0.2) is 57.5 Å². The zero-order valence-corrected chi connectivity index (χ0v) is 9.65. The van der Waals surface area contributed by atoms with E-state index in [1.165, 1.54) is 11.8 Å². The summed E-state index contributed by atoms with van der Waals surface area (Å²) in [6, 6.07) is 7.70. The van der Waals surface area contributed by atoms with Gasteiger partial charge in [0.2, 0.25) is 0 Å². The van der Waals surface area contributed by atoms with Gasteiger partial charge in [0.25, 0.3) is 5.22 Å². The number of nitrogen functional groups attached to an aromatic ring is 1. The third-order valence-corrected chi connectivity index (χ3v) is 3.35. The molecular weight excluding hydrogens is 234 g/mol. The van der Waals surface area contributed by atoms with Crippen LogP contribution >= 0.6 is 11.8 Å². The highest BCUT2D eigenvalue weighted by Gasteiger charge is 2.08. The number of pyridine rings is 1. The van der Waals surface area contributed by atoms with E-state index < -0.39 is 0 Å². The molecule has 0 aliphatic heterocycles. The van der Waals surface area contributed by atoms with Crippen molar-refractivity contribution in [2.75, 3.05) is 5.73 Å². The molecule has 5 heteroatoms. The van der Waals surface area contributed by atoms with Gasteiger partial charge >= 0.3 is 0 Å². The Morgan fingerprint density at radius 2 is 2.06 bits per heavy atom. The first-order chi connectivity index (χ1) is 8.34. The molecule has 0 radical (unpaired) electrons. The zero-order valence-electron chi connectivity index (χ0n) is 8.83. The van der Waals surface area contributed by atoms with Crippen LogP contribution in [0.1, 0.15) is 0 Å². The smallest absolute Gasteiger partial charge is 0.260 e. The fourth-order valence-corrected chi connectivity index (χ4v) is 2.36. The van der Waals surface area contributed by atoms with Crippen molar-refractivity contribution in [1.82, 2.24) is 9.97 Å². The van der Waals surface area contributed by atoms with Crippen molar-refractivity contribution >= 4 is 28.4 Å². The summed E-state index contributed by atoms with van der Waals surface area (Å²) >= 11 is 1.41. The Labute approximate surface area is 102 Å². The number of rotatable bonds is 2. The summed E-state index contributed by atoms with van der Waals surface area (Å²) < 4.78 is 5.19. The van der Waals surface area contributed by atoms with Crippen LogP contribution in [0, 0.1) is 0 Å². The summed E-state index contributed by atoms with van der Waals surface area (Å²) in [5.74, 6) is 0. The molecule has 0 saturated heterocycles. The fourth-order valence-electron chi connectivity index (χ4n) is 1.60. The zero-order chi connectivity index (χ0) is 11.7. The second kappa shape index (κ2) is 4.10. The van der Waals surface area contributed by atoms with E-state index in [-0.39, 0.29) is 0 Å². The monoisotopic (exact) mass is 243 g/mol. The lowest BCUT2D eigenvalue weighted by atomic mass is 10.2. The van der Waals surface area contributed by atoms with Crippen molar-refractivity contribution in [3.8, 4) is 0 Å². The van der Waals surface area contributed by atoms with Gasteiger partial charge in [-0.3, -0.25) is 4.98 Å². The minimum absolute atomic E-state index is 0.583. The summed E-state index contributed by atoms with van der Waals surface area (Å²) in [5.41, 5.74) is 7.70. The molecule has 1 aromatic carbocycles. The van der Waals surface area contributed by atoms with Gasteiger partial charge in [-0.25, -0.2) is 4.98 Å². The quantitative estimate of drug-likeness (QED) is 0.701. The van der Waals surface area contributed by atoms with Gasteiger partial charge in [0.05, 0.1) is 17.4 Å². The van der Waals surface area contributed by atoms with E-state index in [4.69, 9.17) is 10.2 Å². The van der Waals surface area contributed by atoms with Crippen LogP contribution in [0.2, 0.25) is 0 Å². The Kier molecular flexibility index (Phi) is 2.45. The third-order valence-electron chi connectivity index (χ3n) is 2.39. The van der Waals surface area contributed by atoms with Gasteiger partial charge in [-0.15, -0.1) is 0 Å². The molecule has 0 spiro atoms. The van der Waals surface area contributed by atoms with Crippen molar-refractivity contribution in [3.05, 3.63) is 42.9 Å². The van der Waals surface area contributed by atoms with Crippen LogP contribution in [0.3, 0.4) is 0 Å². The minimum atomic E-state index is 0.583. The van der Waals surface area contributed by atoms with Crippen LogP contribution in [-0.2, 0) is 0 Å². The molecule has 0 amide bonds. The van der Waals surface area contributed by atoms with Crippen LogP contribution in [0.4, 0.5) is 5.69 Å². The van der Waals surface area contributed by atoms with Crippen molar-refractivity contribution in [2.24, 2.45) is 0 Å². The number of hydrogen-bond acceptors (Lipinski definition) is 5. The van der Waals surface area contributed by atoms with Crippen molar-refractivity contribution in [1.29, 1.82) is 0 Å². The summed E-state index contributed by atoms with van der Waals surface area (Å²) in [6.07, 6.45) is 4.91. The number of nitrogens with zero attached hydrogens (tertiary/aromatic N) is 2. The number of nitrogens with two attached hydrogens (primary N) is 1. The lowest BCUT2D eigenvalue weighted by Crippen LogP contribution is -1.91. The molecule has 17 heavy (non-hydrogen) atoms. The molecule has 3 aromatic rings. The molecule has 0 fully saturated rings. The molecule has 0 saturated carbocycles. The van der Waals surface area contributed by atoms with E-state index >= 15 is 0 Å². The van der Waals surface area contributed by atoms with E-state index in [0.29, 0.717) is 10.9 Å². The maximum Gasteiger partial charge on any atom is 0.260 e. The number of benzene rings is 1. The summed E-state index contributed by atoms with van der Waals surface area (Å²) in [6.45, 7) is 0. The third kappa shape index (κ3) is 1.85. The predicted molar refractivity (Wildman–Crippen MR) is 66.8 cm³/mol. The number of hydrogen-bond donors (Lipinski definition) is 1. The first-order valence-corrected chi connectivity index (χ1v) is 5.87. The first-order valence-electron chi connectivity index (χ1n) is 5.05. The topological polar surface area (TPSA) is 64.9 Å². The average Bonchev–Trinajstić information content (AvgIpc) is 2.86. The van der Waals surface area contributed by atoms with Crippen molar-refractivity contribution in [2.45, 2.75) is 10.1 Å². The summed E-state index contributed by atoms with van der Waals surface area (Å²) in [4.78, 5) is 9.23. The SMILES string of the molecule is Nc1c(Sc2ncco2)ccc2ncccc12. The molecule has 0 unspecified atom stereocenters. The predicted octanol–water partition coefficient (Wildman–Crippen LogP) is 2.96. The molecule has 0 aliphatic carbocycles. The van der Waals surface area contributed by atoms with Gasteiger partial charge in [0.15, 0.2) is 0 Å². The standard InChI is InChI=1S/C12H9N3OS/c13-11-8-2-1-5-14-9(8)3-4-10(11)17-12-15-6-7-16-12/h1-7H,13H2. The Morgan fingerprint density at radius 1 is 1.12 bits per heavy atom. The Hall–Kier alpha value is -2.01. The van der Waals surface area contributed by atoms with Crippen LogP contribution in [0.25, 0.3) is 10.9 Å². The lowest BCUT2D eigenvalue weighted by molar-refractivity contribution is 0.454. The van der Waals surface area contributed by atoms with Crippen molar-refractivity contribution in [3.63, 3.8) is 0 Å². The molecule has 2 aromatic heterocycles. The average molecular weight is 243 g/mol. The van der Waals surface area contributed by atoms with Gasteiger partial charge in [-0.05, 0) is 36.0 Å². The molecular formula is C12H9N3OS. The number of aromatic nitrogens is 2. The first kappa shape index (κ1) is 10.2. The molecule has 3 rings (SSSR count). The Morgan fingerprint density at radius 3 is 2.88 bits per heavy atom. The maximum absolute atomic E-state index is 6.11. The number of oxazole rings is 1. The second-order valence-electron chi connectivity index (χ2n) is 3.45. The van der Waals surface area contributed by atoms with Gasteiger partial charge in [0, 0.05) is 16.5 Å². The second-order valence-corrected chi connectivity index (χ2v) is 4.44. The summed E-state index contributed by atoms with van der Waals surface area (Å²) in [5, 5.41) is 1.53. The normalized spacial score (nSPS) is 10.8. The van der Waals surface area contributed by atoms with Gasteiger partial charge in [0.1, 0.15) is 6.26 Å². The van der Waals surface area contributed by atoms with Crippen LogP contribution in [-0.4, -0.2) is 9.97 Å². The highest BCUT2D eigenvalue weighted by Crippen LogP contribution is 2.34. The van der Waals surface area contributed by atoms with Crippen LogP contribution in [0.5, 0.6) is 0 Å². The largest absolute Gasteiger partial charge is 0.440 e. The number of anilines is 1. The Bertz CT molecular complexity index is 652. The highest BCUT2D eigenvalue weighted by molar-refractivity contribution is 7.99. The fraction of sp³-hybridized carbons (Fsp3) is 0. The molecule has 2 N–H and O–H groups in total. The maximum atomic E-state index is 6.11. The van der Waals surface area contributed by atoms with E-state index in [2.05, 4.69) is 9.97 Å².